The molecule has 1 unspecified atom stereocenters. The van der Waals surface area contributed by atoms with Crippen LogP contribution in [-0.4, -0.2) is 50.3 Å². The van der Waals surface area contributed by atoms with Crippen LogP contribution in [0, 0.1) is 6.92 Å². The van der Waals surface area contributed by atoms with Crippen molar-refractivity contribution in [3.63, 3.8) is 0 Å². The van der Waals surface area contributed by atoms with Crippen molar-refractivity contribution >= 4 is 5.84 Å². The lowest BCUT2D eigenvalue weighted by atomic mass is 9.81. The number of nitrogens with zero attached hydrogens (tertiary/aromatic N) is 5. The van der Waals surface area contributed by atoms with Crippen LogP contribution in [0.25, 0.3) is 0 Å². The van der Waals surface area contributed by atoms with Crippen molar-refractivity contribution in [1.29, 1.82) is 0 Å². The molecule has 0 amide bonds. The van der Waals surface area contributed by atoms with Gasteiger partial charge in [-0.05, 0) is 69.0 Å². The summed E-state index contributed by atoms with van der Waals surface area (Å²) >= 11 is 0. The second-order valence-electron chi connectivity index (χ2n) is 9.13. The van der Waals surface area contributed by atoms with Crippen LogP contribution in [0.3, 0.4) is 0 Å². The van der Waals surface area contributed by atoms with Gasteiger partial charge in [-0.1, -0.05) is 18.2 Å². The van der Waals surface area contributed by atoms with Gasteiger partial charge >= 0.3 is 0 Å². The van der Waals surface area contributed by atoms with Gasteiger partial charge in [-0.15, -0.1) is 0 Å². The molecular weight excluding hydrogens is 382 g/mol. The number of hydrogen-bond acceptors (Lipinski definition) is 5. The summed E-state index contributed by atoms with van der Waals surface area (Å²) in [6, 6.07) is 11.1. The smallest absolute Gasteiger partial charge is 0.128 e. The molecular formula is C26H31N5. The standard InChI is InChI=1S/C26H31N5/c1-20-9-8-16-28-25(20)22-11-7-12-23(31(22)18-14-21-10-3-5-15-27-21)26(2)19-30-17-6-4-13-24(30)29-26/h3-6,8-10,13,15-17,22-23H,7,11-12,14,18-19H2,1-2H3/t22-,23+,26?/m0/s1. The van der Waals surface area contributed by atoms with Gasteiger partial charge in [0.1, 0.15) is 5.84 Å². The van der Waals surface area contributed by atoms with E-state index in [0.717, 1.165) is 37.5 Å². The molecule has 1 saturated heterocycles. The van der Waals surface area contributed by atoms with Gasteiger partial charge in [-0.3, -0.25) is 19.9 Å². The molecule has 0 saturated carbocycles. The maximum atomic E-state index is 5.25. The molecule has 3 aliphatic heterocycles. The van der Waals surface area contributed by atoms with Gasteiger partial charge in [0.05, 0.1) is 23.8 Å². The third-order valence-corrected chi connectivity index (χ3v) is 6.97. The Labute approximate surface area is 185 Å². The first-order valence-electron chi connectivity index (χ1n) is 11.4. The fraction of sp³-hybridized carbons (Fsp3) is 0.423. The zero-order valence-electron chi connectivity index (χ0n) is 18.5. The second kappa shape index (κ2) is 8.39. The molecule has 0 aromatic carbocycles. The molecule has 5 rings (SSSR count). The quantitative estimate of drug-likeness (QED) is 0.725. The number of rotatable bonds is 5. The summed E-state index contributed by atoms with van der Waals surface area (Å²) in [7, 11) is 0. The van der Waals surface area contributed by atoms with Gasteiger partial charge in [-0.2, -0.15) is 0 Å². The van der Waals surface area contributed by atoms with E-state index in [-0.39, 0.29) is 5.54 Å². The van der Waals surface area contributed by atoms with Crippen LogP contribution < -0.4 is 0 Å². The predicted molar refractivity (Wildman–Crippen MR) is 125 cm³/mol. The van der Waals surface area contributed by atoms with Crippen LogP contribution in [0.15, 0.2) is 72.1 Å². The number of likely N-dealkylation sites (tertiary alicyclic amines) is 1. The molecule has 1 fully saturated rings. The minimum atomic E-state index is -0.139. The van der Waals surface area contributed by atoms with Crippen LogP contribution in [-0.2, 0) is 6.42 Å². The van der Waals surface area contributed by atoms with Crippen molar-refractivity contribution in [1.82, 2.24) is 19.8 Å². The molecule has 5 heteroatoms. The second-order valence-corrected chi connectivity index (χ2v) is 9.13. The average molecular weight is 414 g/mol. The molecule has 5 heterocycles. The third-order valence-electron chi connectivity index (χ3n) is 6.97. The topological polar surface area (TPSA) is 44.6 Å². The highest BCUT2D eigenvalue weighted by Crippen LogP contribution is 2.42. The van der Waals surface area contributed by atoms with Gasteiger partial charge < -0.3 is 4.90 Å². The Kier molecular flexibility index (Phi) is 5.45. The minimum absolute atomic E-state index is 0.139. The largest absolute Gasteiger partial charge is 0.331 e. The number of hydrogen-bond donors (Lipinski definition) is 0. The van der Waals surface area contributed by atoms with Crippen LogP contribution in [0.5, 0.6) is 0 Å². The summed E-state index contributed by atoms with van der Waals surface area (Å²) in [6.45, 7) is 6.43. The summed E-state index contributed by atoms with van der Waals surface area (Å²) in [6.07, 6.45) is 16.8. The molecule has 3 atom stereocenters. The van der Waals surface area contributed by atoms with E-state index in [1.165, 1.54) is 24.1 Å². The summed E-state index contributed by atoms with van der Waals surface area (Å²) in [5.74, 6) is 1.09. The molecule has 31 heavy (non-hydrogen) atoms. The minimum Gasteiger partial charge on any atom is -0.331 e. The van der Waals surface area contributed by atoms with E-state index in [1.54, 1.807) is 0 Å². The number of allylic oxidation sites excluding steroid dienone is 2. The van der Waals surface area contributed by atoms with Gasteiger partial charge in [0.2, 0.25) is 0 Å². The van der Waals surface area contributed by atoms with Gasteiger partial charge in [0, 0.05) is 43.3 Å². The van der Waals surface area contributed by atoms with E-state index in [1.807, 2.05) is 24.5 Å². The Morgan fingerprint density at radius 2 is 1.97 bits per heavy atom. The fourth-order valence-corrected chi connectivity index (χ4v) is 5.49. The number of aromatic nitrogens is 2. The summed E-state index contributed by atoms with van der Waals surface area (Å²) in [5, 5.41) is 0. The summed E-state index contributed by atoms with van der Waals surface area (Å²) in [5.41, 5.74) is 3.51. The lowest BCUT2D eigenvalue weighted by Gasteiger charge is -2.48. The van der Waals surface area contributed by atoms with E-state index in [9.17, 15) is 0 Å². The van der Waals surface area contributed by atoms with Crippen molar-refractivity contribution < 1.29 is 0 Å². The molecule has 0 N–H and O–H groups in total. The van der Waals surface area contributed by atoms with E-state index in [4.69, 9.17) is 9.98 Å². The molecule has 0 radical (unpaired) electrons. The van der Waals surface area contributed by atoms with Gasteiger partial charge in [-0.25, -0.2) is 0 Å². The predicted octanol–water partition coefficient (Wildman–Crippen LogP) is 4.48. The summed E-state index contributed by atoms with van der Waals surface area (Å²) in [4.78, 5) is 19.7. The Morgan fingerprint density at radius 3 is 2.77 bits per heavy atom. The number of amidine groups is 1. The van der Waals surface area contributed by atoms with E-state index >= 15 is 0 Å². The average Bonchev–Trinajstić information content (AvgIpc) is 3.16. The van der Waals surface area contributed by atoms with Crippen molar-refractivity contribution in [3.05, 3.63) is 84.1 Å². The van der Waals surface area contributed by atoms with Crippen molar-refractivity contribution in [2.45, 2.75) is 57.2 Å². The Bertz CT molecular complexity index is 1010. The molecule has 2 aromatic rings. The van der Waals surface area contributed by atoms with Gasteiger partial charge in [0.25, 0.3) is 0 Å². The molecule has 0 aliphatic carbocycles. The fourth-order valence-electron chi connectivity index (χ4n) is 5.49. The number of fused-ring (bicyclic) bond motifs is 1. The Morgan fingerprint density at radius 1 is 1.06 bits per heavy atom. The SMILES string of the molecule is Cc1cccnc1[C@@H]1CCC[C@H](C2(C)CN3C=CC=CC3=N2)N1CCc1ccccn1. The van der Waals surface area contributed by atoms with E-state index in [2.05, 4.69) is 71.3 Å². The molecule has 2 aromatic heterocycles. The molecule has 3 aliphatic rings. The maximum absolute atomic E-state index is 5.25. The molecule has 0 bridgehead atoms. The third kappa shape index (κ3) is 3.94. The monoisotopic (exact) mass is 413 g/mol. The molecule has 5 nitrogen and oxygen atoms in total. The number of aryl methyl sites for hydroxylation is 1. The highest BCUT2D eigenvalue weighted by atomic mass is 15.3. The normalized spacial score (nSPS) is 27.9. The molecule has 0 spiro atoms. The zero-order valence-corrected chi connectivity index (χ0v) is 18.5. The number of pyridine rings is 2. The Balaban J connectivity index is 1.48. The van der Waals surface area contributed by atoms with Crippen LogP contribution >= 0.6 is 0 Å². The van der Waals surface area contributed by atoms with Crippen LogP contribution in [0.2, 0.25) is 0 Å². The number of piperidine rings is 1. The lowest BCUT2D eigenvalue weighted by molar-refractivity contribution is 0.0377. The highest BCUT2D eigenvalue weighted by Gasteiger charge is 2.47. The van der Waals surface area contributed by atoms with Gasteiger partial charge in [0.15, 0.2) is 0 Å². The van der Waals surface area contributed by atoms with Crippen molar-refractivity contribution in [2.24, 2.45) is 4.99 Å². The molecule has 160 valence electrons. The van der Waals surface area contributed by atoms with E-state index in [0.29, 0.717) is 12.1 Å². The van der Waals surface area contributed by atoms with Crippen molar-refractivity contribution in [3.8, 4) is 0 Å². The maximum Gasteiger partial charge on any atom is 0.128 e. The zero-order chi connectivity index (χ0) is 21.3. The van der Waals surface area contributed by atoms with Crippen LogP contribution in [0.1, 0.15) is 49.2 Å². The first kappa shape index (κ1) is 20.1. The summed E-state index contributed by atoms with van der Waals surface area (Å²) < 4.78 is 0. The van der Waals surface area contributed by atoms with E-state index < -0.39 is 0 Å². The van der Waals surface area contributed by atoms with Crippen LogP contribution in [0.4, 0.5) is 0 Å². The lowest BCUT2D eigenvalue weighted by Crippen LogP contribution is -2.55. The van der Waals surface area contributed by atoms with Crippen molar-refractivity contribution in [2.75, 3.05) is 13.1 Å². The number of aliphatic imine (C=N–C) groups is 1. The Hall–Kier alpha value is -2.79. The first-order chi connectivity index (χ1) is 15.1. The highest BCUT2D eigenvalue weighted by molar-refractivity contribution is 5.96. The first-order valence-corrected chi connectivity index (χ1v) is 11.4.